The number of ether oxygens (including phenoxy) is 1. The van der Waals surface area contributed by atoms with Crippen LogP contribution in [0, 0.1) is 0 Å². The van der Waals surface area contributed by atoms with Crippen LogP contribution in [0.25, 0.3) is 0 Å². The van der Waals surface area contributed by atoms with E-state index >= 15 is 0 Å². The number of phenolic OH excluding ortho intramolecular Hbond substituents is 1. The number of nitrogens with one attached hydrogen (secondary N) is 1. The first-order valence-electron chi connectivity index (χ1n) is 7.58. The highest BCUT2D eigenvalue weighted by Crippen LogP contribution is 2.19. The summed E-state index contributed by atoms with van der Waals surface area (Å²) >= 11 is 3.31. The van der Waals surface area contributed by atoms with Gasteiger partial charge in [-0.25, -0.2) is 5.43 Å². The van der Waals surface area contributed by atoms with E-state index in [1.807, 2.05) is 12.1 Å². The quantitative estimate of drug-likeness (QED) is 0.428. The molecule has 6 heteroatoms. The zero-order valence-electron chi connectivity index (χ0n) is 13.3. The lowest BCUT2D eigenvalue weighted by atomic mass is 10.1. The van der Waals surface area contributed by atoms with Crippen LogP contribution in [-0.4, -0.2) is 23.8 Å². The van der Waals surface area contributed by atoms with Crippen LogP contribution in [0.2, 0.25) is 0 Å². The Labute approximate surface area is 149 Å². The highest BCUT2D eigenvalue weighted by Gasteiger charge is 2.04. The molecule has 0 aliphatic carbocycles. The second kappa shape index (κ2) is 9.20. The highest BCUT2D eigenvalue weighted by atomic mass is 79.9. The maximum atomic E-state index is 12.0. The Hall–Kier alpha value is -2.18. The van der Waals surface area contributed by atoms with Crippen LogP contribution in [0.4, 0.5) is 0 Å². The van der Waals surface area contributed by atoms with Gasteiger partial charge in [0.25, 0.3) is 5.91 Å². The lowest BCUT2D eigenvalue weighted by molar-refractivity contribution is 0.0954. The Morgan fingerprint density at radius 2 is 2.04 bits per heavy atom. The Kier molecular flexibility index (Phi) is 6.96. The van der Waals surface area contributed by atoms with Gasteiger partial charge >= 0.3 is 0 Å². The van der Waals surface area contributed by atoms with Crippen LogP contribution < -0.4 is 5.43 Å². The minimum Gasteiger partial charge on any atom is -0.507 e. The second-order valence-electron chi connectivity index (χ2n) is 5.15. The lowest BCUT2D eigenvalue weighted by Gasteiger charge is -2.04. The molecule has 5 nitrogen and oxygen atoms in total. The van der Waals surface area contributed by atoms with Gasteiger partial charge in [0.15, 0.2) is 0 Å². The summed E-state index contributed by atoms with van der Waals surface area (Å²) in [6.45, 7) is 3.32. The first-order valence-corrected chi connectivity index (χ1v) is 8.38. The topological polar surface area (TPSA) is 70.9 Å². The second-order valence-corrected chi connectivity index (χ2v) is 6.07. The van der Waals surface area contributed by atoms with E-state index in [2.05, 4.69) is 33.4 Å². The third-order valence-corrected chi connectivity index (χ3v) is 3.69. The molecule has 126 valence electrons. The fourth-order valence-corrected chi connectivity index (χ4v) is 2.32. The molecule has 2 aromatic carbocycles. The van der Waals surface area contributed by atoms with Gasteiger partial charge in [0, 0.05) is 22.2 Å². The summed E-state index contributed by atoms with van der Waals surface area (Å²) < 4.78 is 6.27. The Bertz CT molecular complexity index is 715. The van der Waals surface area contributed by atoms with Crippen molar-refractivity contribution >= 4 is 28.1 Å². The molecule has 2 N–H and O–H groups in total. The third kappa shape index (κ3) is 5.47. The fourth-order valence-electron chi connectivity index (χ4n) is 1.94. The zero-order valence-corrected chi connectivity index (χ0v) is 14.9. The molecule has 0 aliphatic rings. The van der Waals surface area contributed by atoms with Gasteiger partial charge in [-0.1, -0.05) is 35.0 Å². The van der Waals surface area contributed by atoms with Crippen molar-refractivity contribution in [3.05, 3.63) is 63.6 Å². The van der Waals surface area contributed by atoms with Crippen molar-refractivity contribution in [1.29, 1.82) is 0 Å². The normalized spacial score (nSPS) is 10.9. The van der Waals surface area contributed by atoms with E-state index in [9.17, 15) is 9.90 Å². The molecule has 2 aromatic rings. The number of benzene rings is 2. The average Bonchev–Trinajstić information content (AvgIpc) is 2.58. The van der Waals surface area contributed by atoms with Gasteiger partial charge in [-0.3, -0.25) is 4.79 Å². The van der Waals surface area contributed by atoms with Gasteiger partial charge in [0.2, 0.25) is 0 Å². The summed E-state index contributed by atoms with van der Waals surface area (Å²) in [4.78, 5) is 12.0. The molecule has 0 heterocycles. The van der Waals surface area contributed by atoms with Gasteiger partial charge in [0.1, 0.15) is 5.75 Å². The van der Waals surface area contributed by atoms with Crippen LogP contribution in [0.1, 0.15) is 34.8 Å². The molecule has 0 saturated carbocycles. The van der Waals surface area contributed by atoms with Crippen molar-refractivity contribution in [3.63, 3.8) is 0 Å². The minimum absolute atomic E-state index is 0.0904. The Morgan fingerprint density at radius 3 is 2.75 bits per heavy atom. The molecule has 0 aliphatic heterocycles. The van der Waals surface area contributed by atoms with Crippen LogP contribution >= 0.6 is 15.9 Å². The predicted molar refractivity (Wildman–Crippen MR) is 97.3 cm³/mol. The molecule has 0 atom stereocenters. The van der Waals surface area contributed by atoms with E-state index in [4.69, 9.17) is 4.74 Å². The Balaban J connectivity index is 1.92. The van der Waals surface area contributed by atoms with Gasteiger partial charge in [-0.15, -0.1) is 0 Å². The number of hydrogen-bond donors (Lipinski definition) is 2. The molecule has 2 rings (SSSR count). The van der Waals surface area contributed by atoms with Crippen molar-refractivity contribution in [3.8, 4) is 5.75 Å². The lowest BCUT2D eigenvalue weighted by Crippen LogP contribution is -2.17. The van der Waals surface area contributed by atoms with Crippen LogP contribution in [0.5, 0.6) is 5.75 Å². The zero-order chi connectivity index (χ0) is 17.4. The molecule has 1 amide bonds. The first kappa shape index (κ1) is 18.2. The third-order valence-electron chi connectivity index (χ3n) is 3.19. The van der Waals surface area contributed by atoms with E-state index < -0.39 is 0 Å². The number of phenols is 1. The summed E-state index contributed by atoms with van der Waals surface area (Å²) in [5.74, 6) is -0.227. The molecule has 0 saturated heterocycles. The highest BCUT2D eigenvalue weighted by molar-refractivity contribution is 9.10. The number of rotatable bonds is 7. The van der Waals surface area contributed by atoms with Crippen molar-refractivity contribution in [2.45, 2.75) is 20.0 Å². The summed E-state index contributed by atoms with van der Waals surface area (Å²) in [5, 5.41) is 13.6. The number of hydrogen-bond acceptors (Lipinski definition) is 4. The molecule has 24 heavy (non-hydrogen) atoms. The summed E-state index contributed by atoms with van der Waals surface area (Å²) in [5.41, 5.74) is 4.47. The monoisotopic (exact) mass is 390 g/mol. The summed E-state index contributed by atoms with van der Waals surface area (Å²) in [7, 11) is 0. The van der Waals surface area contributed by atoms with E-state index in [1.54, 1.807) is 30.3 Å². The van der Waals surface area contributed by atoms with E-state index in [1.165, 1.54) is 6.21 Å². The van der Waals surface area contributed by atoms with Crippen molar-refractivity contribution in [1.82, 2.24) is 5.43 Å². The van der Waals surface area contributed by atoms with Crippen LogP contribution in [0.15, 0.2) is 52.0 Å². The number of nitrogens with zero attached hydrogens (tertiary/aromatic N) is 1. The van der Waals surface area contributed by atoms with Gasteiger partial charge in [-0.2, -0.15) is 5.10 Å². The molecular weight excluding hydrogens is 372 g/mol. The molecular formula is C18H19BrN2O3. The SMILES string of the molecule is CCCOCc1ccc(C(=O)NN=Cc2cc(Br)ccc2O)cc1. The maximum absolute atomic E-state index is 12.0. The average molecular weight is 391 g/mol. The van der Waals surface area contributed by atoms with Crippen molar-refractivity contribution < 1.29 is 14.6 Å². The fraction of sp³-hybridized carbons (Fsp3) is 0.222. The predicted octanol–water partition coefficient (Wildman–Crippen LogP) is 3.85. The first-order chi connectivity index (χ1) is 11.6. The van der Waals surface area contributed by atoms with Gasteiger partial charge in [0.05, 0.1) is 12.8 Å². The van der Waals surface area contributed by atoms with Gasteiger partial charge in [-0.05, 0) is 42.3 Å². The number of hydrazone groups is 1. The summed E-state index contributed by atoms with van der Waals surface area (Å²) in [6, 6.07) is 12.1. The van der Waals surface area contributed by atoms with Crippen LogP contribution in [0.3, 0.4) is 0 Å². The van der Waals surface area contributed by atoms with Crippen molar-refractivity contribution in [2.24, 2.45) is 5.10 Å². The number of halogens is 1. The molecule has 0 fully saturated rings. The minimum atomic E-state index is -0.318. The molecule has 0 unspecified atom stereocenters. The maximum Gasteiger partial charge on any atom is 0.271 e. The molecule has 0 radical (unpaired) electrons. The summed E-state index contributed by atoms with van der Waals surface area (Å²) in [6.07, 6.45) is 2.37. The standard InChI is InChI=1S/C18H19BrN2O3/c1-2-9-24-12-13-3-5-14(6-4-13)18(23)21-20-11-15-10-16(19)7-8-17(15)22/h3-8,10-11,22H,2,9,12H2,1H3,(H,21,23). The number of amides is 1. The molecule has 0 spiro atoms. The largest absolute Gasteiger partial charge is 0.507 e. The van der Waals surface area contributed by atoms with Crippen molar-refractivity contribution in [2.75, 3.05) is 6.61 Å². The van der Waals surface area contributed by atoms with E-state index in [-0.39, 0.29) is 11.7 Å². The molecule has 0 bridgehead atoms. The number of aromatic hydroxyl groups is 1. The Morgan fingerprint density at radius 1 is 1.29 bits per heavy atom. The van der Waals surface area contributed by atoms with Gasteiger partial charge < -0.3 is 9.84 Å². The number of carbonyl (C=O) groups is 1. The number of carbonyl (C=O) groups excluding carboxylic acids is 1. The van der Waals surface area contributed by atoms with E-state index in [0.717, 1.165) is 23.1 Å². The smallest absolute Gasteiger partial charge is 0.271 e. The van der Waals surface area contributed by atoms with E-state index in [0.29, 0.717) is 17.7 Å². The van der Waals surface area contributed by atoms with Crippen LogP contribution in [-0.2, 0) is 11.3 Å². The molecule has 0 aromatic heterocycles.